The van der Waals surface area contributed by atoms with Crippen LogP contribution in [-0.4, -0.2) is 19.2 Å². The van der Waals surface area contributed by atoms with Crippen LogP contribution < -0.4 is 14.8 Å². The van der Waals surface area contributed by atoms with Crippen molar-refractivity contribution in [1.29, 1.82) is 0 Å². The molecule has 0 bridgehead atoms. The van der Waals surface area contributed by atoms with Gasteiger partial charge in [0.05, 0.1) is 19.9 Å². The molecule has 0 aliphatic rings. The van der Waals surface area contributed by atoms with Gasteiger partial charge in [-0.05, 0) is 24.6 Å². The minimum absolute atomic E-state index is 0.456. The van der Waals surface area contributed by atoms with Gasteiger partial charge >= 0.3 is 0 Å². The zero-order valence-corrected chi connectivity index (χ0v) is 12.5. The molecule has 0 aliphatic carbocycles. The fraction of sp³-hybridized carbons (Fsp3) is 0.267. The van der Waals surface area contributed by atoms with Crippen molar-refractivity contribution in [1.82, 2.24) is 4.98 Å². The first-order valence-electron chi connectivity index (χ1n) is 6.21. The Hall–Kier alpha value is -1.94. The number of halogens is 1. The van der Waals surface area contributed by atoms with E-state index in [0.29, 0.717) is 17.4 Å². The molecule has 1 heterocycles. The molecule has 0 radical (unpaired) electrons. The molecule has 0 saturated heterocycles. The van der Waals surface area contributed by atoms with Gasteiger partial charge in [0.1, 0.15) is 0 Å². The molecule has 5 heteroatoms. The van der Waals surface area contributed by atoms with E-state index in [2.05, 4.69) is 10.3 Å². The van der Waals surface area contributed by atoms with Gasteiger partial charge in [0, 0.05) is 18.3 Å². The van der Waals surface area contributed by atoms with Crippen LogP contribution in [0.2, 0.25) is 5.15 Å². The molecular weight excluding hydrogens is 276 g/mol. The van der Waals surface area contributed by atoms with E-state index in [1.807, 2.05) is 31.2 Å². The van der Waals surface area contributed by atoms with Gasteiger partial charge in [0.25, 0.3) is 0 Å². The molecule has 0 atom stereocenters. The van der Waals surface area contributed by atoms with E-state index in [1.54, 1.807) is 20.4 Å². The number of pyridine rings is 1. The summed E-state index contributed by atoms with van der Waals surface area (Å²) in [4.78, 5) is 4.11. The topological polar surface area (TPSA) is 43.4 Å². The van der Waals surface area contributed by atoms with Crippen molar-refractivity contribution >= 4 is 17.3 Å². The number of nitrogens with one attached hydrogen (secondary N) is 1. The van der Waals surface area contributed by atoms with Gasteiger partial charge in [-0.1, -0.05) is 23.7 Å². The molecule has 2 rings (SSSR count). The molecule has 1 aromatic carbocycles. The third-order valence-corrected chi connectivity index (χ3v) is 3.23. The molecule has 2 aromatic rings. The molecule has 1 N–H and O–H groups in total. The Kier molecular flexibility index (Phi) is 4.69. The lowest BCUT2D eigenvalue weighted by molar-refractivity contribution is 0.352. The van der Waals surface area contributed by atoms with Gasteiger partial charge in [-0.2, -0.15) is 0 Å². The molecule has 0 aliphatic heterocycles. The van der Waals surface area contributed by atoms with Crippen LogP contribution in [0.15, 0.2) is 30.5 Å². The minimum Gasteiger partial charge on any atom is -0.493 e. The van der Waals surface area contributed by atoms with Crippen molar-refractivity contribution in [3.63, 3.8) is 0 Å². The van der Waals surface area contributed by atoms with Crippen LogP contribution in [0.25, 0.3) is 0 Å². The zero-order valence-electron chi connectivity index (χ0n) is 11.7. The van der Waals surface area contributed by atoms with Crippen LogP contribution in [-0.2, 0) is 6.54 Å². The highest BCUT2D eigenvalue weighted by Gasteiger charge is 2.10. The van der Waals surface area contributed by atoms with Crippen LogP contribution in [0.3, 0.4) is 0 Å². The smallest absolute Gasteiger partial charge is 0.165 e. The number of aryl methyl sites for hydroxylation is 1. The van der Waals surface area contributed by atoms with E-state index in [1.165, 1.54) is 0 Å². The molecular formula is C15H17ClN2O2. The Morgan fingerprint density at radius 2 is 2.05 bits per heavy atom. The van der Waals surface area contributed by atoms with E-state index in [9.17, 15) is 0 Å². The minimum atomic E-state index is 0.456. The summed E-state index contributed by atoms with van der Waals surface area (Å²) in [5, 5.41) is 3.72. The van der Waals surface area contributed by atoms with Crippen molar-refractivity contribution < 1.29 is 9.47 Å². The van der Waals surface area contributed by atoms with Gasteiger partial charge in [0.15, 0.2) is 16.7 Å². The normalized spacial score (nSPS) is 10.2. The lowest BCUT2D eigenvalue weighted by atomic mass is 10.1. The summed E-state index contributed by atoms with van der Waals surface area (Å²) in [6, 6.07) is 7.73. The molecule has 0 saturated carbocycles. The predicted molar refractivity (Wildman–Crippen MR) is 80.9 cm³/mol. The number of nitrogens with zero attached hydrogens (tertiary/aromatic N) is 1. The van der Waals surface area contributed by atoms with Gasteiger partial charge in [-0.15, -0.1) is 0 Å². The Balaban J connectivity index is 2.20. The first-order chi connectivity index (χ1) is 9.65. The number of methoxy groups -OCH3 is 2. The Bertz CT molecular complexity index is 602. The fourth-order valence-electron chi connectivity index (χ4n) is 1.96. The standard InChI is InChI=1S/C15H17ClN2O2/c1-10-7-12(15(16)18-8-10)17-9-11-5-4-6-13(19-2)14(11)20-3/h4-8,17H,9H2,1-3H3. The van der Waals surface area contributed by atoms with Crippen LogP contribution in [0.5, 0.6) is 11.5 Å². The number of hydrogen-bond donors (Lipinski definition) is 1. The van der Waals surface area contributed by atoms with Crippen molar-refractivity contribution in [3.05, 3.63) is 46.7 Å². The van der Waals surface area contributed by atoms with Crippen molar-refractivity contribution in [2.45, 2.75) is 13.5 Å². The second kappa shape index (κ2) is 6.48. The number of aromatic nitrogens is 1. The second-order valence-corrected chi connectivity index (χ2v) is 4.72. The van der Waals surface area contributed by atoms with E-state index in [4.69, 9.17) is 21.1 Å². The number of ether oxygens (including phenoxy) is 2. The molecule has 0 fully saturated rings. The van der Waals surface area contributed by atoms with Crippen molar-refractivity contribution in [2.75, 3.05) is 19.5 Å². The van der Waals surface area contributed by atoms with Crippen molar-refractivity contribution in [2.24, 2.45) is 0 Å². The number of para-hydroxylation sites is 1. The lowest BCUT2D eigenvalue weighted by Gasteiger charge is -2.14. The van der Waals surface area contributed by atoms with Gasteiger partial charge in [-0.25, -0.2) is 4.98 Å². The highest BCUT2D eigenvalue weighted by atomic mass is 35.5. The summed E-state index contributed by atoms with van der Waals surface area (Å²) in [5.41, 5.74) is 2.84. The third kappa shape index (κ3) is 3.14. The number of hydrogen-bond acceptors (Lipinski definition) is 4. The second-order valence-electron chi connectivity index (χ2n) is 4.36. The maximum Gasteiger partial charge on any atom is 0.165 e. The SMILES string of the molecule is COc1cccc(CNc2cc(C)cnc2Cl)c1OC. The van der Waals surface area contributed by atoms with Crippen LogP contribution >= 0.6 is 11.6 Å². The maximum atomic E-state index is 6.07. The molecule has 0 amide bonds. The first kappa shape index (κ1) is 14.5. The molecule has 0 spiro atoms. The summed E-state index contributed by atoms with van der Waals surface area (Å²) in [6.07, 6.45) is 1.74. The van der Waals surface area contributed by atoms with Crippen LogP contribution in [0.1, 0.15) is 11.1 Å². The maximum absolute atomic E-state index is 6.07. The average molecular weight is 293 g/mol. The zero-order chi connectivity index (χ0) is 14.5. The third-order valence-electron chi connectivity index (χ3n) is 2.93. The van der Waals surface area contributed by atoms with E-state index in [-0.39, 0.29) is 0 Å². The van der Waals surface area contributed by atoms with Gasteiger partial charge in [-0.3, -0.25) is 0 Å². The number of anilines is 1. The molecule has 20 heavy (non-hydrogen) atoms. The largest absolute Gasteiger partial charge is 0.493 e. The highest BCUT2D eigenvalue weighted by Crippen LogP contribution is 2.31. The van der Waals surface area contributed by atoms with Crippen molar-refractivity contribution in [3.8, 4) is 11.5 Å². The average Bonchev–Trinajstić information content (AvgIpc) is 2.47. The quantitative estimate of drug-likeness (QED) is 0.854. The summed E-state index contributed by atoms with van der Waals surface area (Å²) in [6.45, 7) is 2.55. The number of benzene rings is 1. The Morgan fingerprint density at radius 3 is 2.75 bits per heavy atom. The summed E-state index contributed by atoms with van der Waals surface area (Å²) in [5.74, 6) is 1.43. The highest BCUT2D eigenvalue weighted by molar-refractivity contribution is 6.31. The molecule has 0 unspecified atom stereocenters. The Labute approximate surface area is 123 Å². The first-order valence-corrected chi connectivity index (χ1v) is 6.59. The van der Waals surface area contributed by atoms with Crippen LogP contribution in [0.4, 0.5) is 5.69 Å². The predicted octanol–water partition coefficient (Wildman–Crippen LogP) is 3.67. The summed E-state index contributed by atoms with van der Waals surface area (Å²) >= 11 is 6.07. The molecule has 1 aromatic heterocycles. The molecule has 4 nitrogen and oxygen atoms in total. The van der Waals surface area contributed by atoms with Gasteiger partial charge in [0.2, 0.25) is 0 Å². The van der Waals surface area contributed by atoms with Crippen LogP contribution in [0, 0.1) is 6.92 Å². The summed E-state index contributed by atoms with van der Waals surface area (Å²) < 4.78 is 10.7. The van der Waals surface area contributed by atoms with Gasteiger partial charge < -0.3 is 14.8 Å². The monoisotopic (exact) mass is 292 g/mol. The summed E-state index contributed by atoms with van der Waals surface area (Å²) in [7, 11) is 3.25. The fourth-order valence-corrected chi connectivity index (χ4v) is 2.13. The molecule has 106 valence electrons. The Morgan fingerprint density at radius 1 is 1.25 bits per heavy atom. The van der Waals surface area contributed by atoms with E-state index >= 15 is 0 Å². The van der Waals surface area contributed by atoms with E-state index < -0.39 is 0 Å². The van der Waals surface area contributed by atoms with E-state index in [0.717, 1.165) is 22.6 Å². The number of rotatable bonds is 5. The lowest BCUT2D eigenvalue weighted by Crippen LogP contribution is -2.04.